The number of halogens is 1. The van der Waals surface area contributed by atoms with Crippen LogP contribution in [0.25, 0.3) is 11.4 Å². The Morgan fingerprint density at radius 3 is 2.52 bits per heavy atom. The normalized spacial score (nSPS) is 14.7. The molecular weight excluding hydrogens is 389 g/mol. The number of nitrogens with zero attached hydrogens (tertiary/aromatic N) is 4. The Morgan fingerprint density at radius 1 is 1.07 bits per heavy atom. The van der Waals surface area contributed by atoms with Crippen molar-refractivity contribution in [2.24, 2.45) is 0 Å². The monoisotopic (exact) mass is 411 g/mol. The molecule has 29 heavy (non-hydrogen) atoms. The molecule has 3 aromatic rings. The molecule has 0 unspecified atom stereocenters. The number of hydrogen-bond acceptors (Lipinski definition) is 5. The van der Waals surface area contributed by atoms with Crippen LogP contribution in [0.4, 0.5) is 10.1 Å². The van der Waals surface area contributed by atoms with Crippen molar-refractivity contribution in [3.8, 4) is 11.4 Å². The fraction of sp³-hybridized carbons (Fsp3) is 0.333. The number of aromatic nitrogens is 4. The molecule has 0 saturated heterocycles. The molecule has 0 aliphatic heterocycles. The summed E-state index contributed by atoms with van der Waals surface area (Å²) in [5, 5.41) is 12.3. The molecule has 1 fully saturated rings. The van der Waals surface area contributed by atoms with Gasteiger partial charge in [0.25, 0.3) is 0 Å². The first-order valence-corrected chi connectivity index (χ1v) is 10.7. The molecule has 1 aliphatic rings. The third-order valence-corrected chi connectivity index (χ3v) is 5.95. The lowest BCUT2D eigenvalue weighted by Crippen LogP contribution is -2.17. The fourth-order valence-electron chi connectivity index (χ4n) is 3.60. The van der Waals surface area contributed by atoms with Crippen LogP contribution >= 0.6 is 11.8 Å². The first-order chi connectivity index (χ1) is 14.2. The van der Waals surface area contributed by atoms with Gasteiger partial charge in [0, 0.05) is 29.7 Å². The molecule has 2 aromatic heterocycles. The number of carbonyl (C=O) groups excluding carboxylic acids is 1. The molecule has 0 radical (unpaired) electrons. The number of thioether (sulfide) groups is 1. The highest BCUT2D eigenvalue weighted by Crippen LogP contribution is 2.35. The molecule has 0 spiro atoms. The number of pyridine rings is 1. The Kier molecular flexibility index (Phi) is 6.19. The second-order valence-corrected chi connectivity index (χ2v) is 7.99. The molecule has 150 valence electrons. The molecule has 4 rings (SSSR count). The minimum atomic E-state index is -0.332. The summed E-state index contributed by atoms with van der Waals surface area (Å²) < 4.78 is 15.2. The number of nitrogens with one attached hydrogen (secondary N) is 1. The average molecular weight is 412 g/mol. The number of carbonyl (C=O) groups is 1. The molecule has 6 nitrogen and oxygen atoms in total. The summed E-state index contributed by atoms with van der Waals surface area (Å²) in [6.45, 7) is 0. The van der Waals surface area contributed by atoms with E-state index < -0.39 is 0 Å². The van der Waals surface area contributed by atoms with Gasteiger partial charge in [-0.15, -0.1) is 10.2 Å². The van der Waals surface area contributed by atoms with Gasteiger partial charge in [-0.1, -0.05) is 31.0 Å². The van der Waals surface area contributed by atoms with E-state index in [0.717, 1.165) is 29.4 Å². The van der Waals surface area contributed by atoms with Crippen LogP contribution < -0.4 is 5.32 Å². The van der Waals surface area contributed by atoms with Crippen molar-refractivity contribution in [2.45, 2.75) is 43.3 Å². The molecule has 1 aromatic carbocycles. The van der Waals surface area contributed by atoms with E-state index in [-0.39, 0.29) is 17.5 Å². The van der Waals surface area contributed by atoms with Gasteiger partial charge in [-0.05, 0) is 49.2 Å². The summed E-state index contributed by atoms with van der Waals surface area (Å²) >= 11 is 1.37. The molecular formula is C21H22FN5OS. The van der Waals surface area contributed by atoms with E-state index in [4.69, 9.17) is 0 Å². The van der Waals surface area contributed by atoms with Gasteiger partial charge in [-0.3, -0.25) is 14.3 Å². The largest absolute Gasteiger partial charge is 0.325 e. The summed E-state index contributed by atoms with van der Waals surface area (Å²) in [6.07, 6.45) is 9.31. The van der Waals surface area contributed by atoms with Gasteiger partial charge >= 0.3 is 0 Å². The van der Waals surface area contributed by atoms with E-state index in [1.54, 1.807) is 24.5 Å². The average Bonchev–Trinajstić information content (AvgIpc) is 3.19. The Balaban J connectivity index is 1.51. The minimum absolute atomic E-state index is 0.162. The van der Waals surface area contributed by atoms with Gasteiger partial charge in [0.1, 0.15) is 5.82 Å². The van der Waals surface area contributed by atoms with Crippen molar-refractivity contribution in [3.05, 3.63) is 54.6 Å². The van der Waals surface area contributed by atoms with Crippen LogP contribution in [0.3, 0.4) is 0 Å². The maximum absolute atomic E-state index is 13.0. The summed E-state index contributed by atoms with van der Waals surface area (Å²) in [6, 6.07) is 9.93. The lowest BCUT2D eigenvalue weighted by atomic mass is 9.95. The van der Waals surface area contributed by atoms with Crippen molar-refractivity contribution >= 4 is 23.4 Å². The van der Waals surface area contributed by atoms with Crippen LogP contribution in [0.2, 0.25) is 0 Å². The van der Waals surface area contributed by atoms with Crippen LogP contribution in [0.5, 0.6) is 0 Å². The fourth-order valence-corrected chi connectivity index (χ4v) is 4.41. The second kappa shape index (κ2) is 9.17. The minimum Gasteiger partial charge on any atom is -0.325 e. The van der Waals surface area contributed by atoms with Crippen molar-refractivity contribution in [3.63, 3.8) is 0 Å². The third kappa shape index (κ3) is 4.82. The van der Waals surface area contributed by atoms with Crippen LogP contribution in [-0.2, 0) is 4.79 Å². The predicted octanol–water partition coefficient (Wildman–Crippen LogP) is 4.72. The Bertz CT molecular complexity index is 955. The number of rotatable bonds is 6. The highest BCUT2D eigenvalue weighted by atomic mass is 32.2. The van der Waals surface area contributed by atoms with E-state index >= 15 is 0 Å². The maximum Gasteiger partial charge on any atom is 0.234 e. The predicted molar refractivity (Wildman–Crippen MR) is 111 cm³/mol. The van der Waals surface area contributed by atoms with Crippen molar-refractivity contribution in [2.75, 3.05) is 11.1 Å². The van der Waals surface area contributed by atoms with Gasteiger partial charge < -0.3 is 5.32 Å². The summed E-state index contributed by atoms with van der Waals surface area (Å²) in [7, 11) is 0. The van der Waals surface area contributed by atoms with Gasteiger partial charge in [0.15, 0.2) is 11.0 Å². The number of amides is 1. The molecule has 1 saturated carbocycles. The number of anilines is 1. The summed E-state index contributed by atoms with van der Waals surface area (Å²) in [5.41, 5.74) is 1.55. The number of hydrogen-bond donors (Lipinski definition) is 1. The lowest BCUT2D eigenvalue weighted by Gasteiger charge is -2.25. The smallest absolute Gasteiger partial charge is 0.234 e. The molecule has 0 atom stereocenters. The van der Waals surface area contributed by atoms with Crippen molar-refractivity contribution in [1.82, 2.24) is 19.7 Å². The topological polar surface area (TPSA) is 72.7 Å². The first kappa shape index (κ1) is 19.6. The third-order valence-electron chi connectivity index (χ3n) is 5.00. The van der Waals surface area contributed by atoms with Gasteiger partial charge in [-0.25, -0.2) is 4.39 Å². The van der Waals surface area contributed by atoms with Gasteiger partial charge in [-0.2, -0.15) is 0 Å². The zero-order valence-electron chi connectivity index (χ0n) is 15.9. The lowest BCUT2D eigenvalue weighted by molar-refractivity contribution is -0.113. The van der Waals surface area contributed by atoms with E-state index in [1.165, 1.54) is 43.2 Å². The SMILES string of the molecule is O=C(CSc1nnc(-c2ccncc2)n1C1CCCCC1)Nc1ccc(F)cc1. The Hall–Kier alpha value is -2.74. The highest BCUT2D eigenvalue weighted by Gasteiger charge is 2.24. The quantitative estimate of drug-likeness (QED) is 0.595. The molecule has 8 heteroatoms. The summed E-state index contributed by atoms with van der Waals surface area (Å²) in [5.74, 6) is 0.533. The van der Waals surface area contributed by atoms with Crippen LogP contribution in [0.15, 0.2) is 53.9 Å². The van der Waals surface area contributed by atoms with Crippen molar-refractivity contribution in [1.29, 1.82) is 0 Å². The number of benzene rings is 1. The van der Waals surface area contributed by atoms with Crippen molar-refractivity contribution < 1.29 is 9.18 Å². The van der Waals surface area contributed by atoms with Gasteiger partial charge in [0.05, 0.1) is 5.75 Å². The second-order valence-electron chi connectivity index (χ2n) is 7.05. The molecule has 1 N–H and O–H groups in total. The zero-order valence-corrected chi connectivity index (χ0v) is 16.7. The highest BCUT2D eigenvalue weighted by molar-refractivity contribution is 7.99. The first-order valence-electron chi connectivity index (χ1n) is 9.74. The van der Waals surface area contributed by atoms with E-state index in [0.29, 0.717) is 11.7 Å². The molecule has 2 heterocycles. The van der Waals surface area contributed by atoms with Crippen LogP contribution in [-0.4, -0.2) is 31.4 Å². The van der Waals surface area contributed by atoms with Crippen LogP contribution in [0.1, 0.15) is 38.1 Å². The molecule has 0 bridgehead atoms. The van der Waals surface area contributed by atoms with E-state index in [1.807, 2.05) is 12.1 Å². The Morgan fingerprint density at radius 2 is 1.79 bits per heavy atom. The summed E-state index contributed by atoms with van der Waals surface area (Å²) in [4.78, 5) is 16.4. The molecule has 1 amide bonds. The van der Waals surface area contributed by atoms with Gasteiger partial charge in [0.2, 0.25) is 5.91 Å². The zero-order chi connectivity index (χ0) is 20.1. The molecule has 1 aliphatic carbocycles. The van der Waals surface area contributed by atoms with Crippen LogP contribution in [0, 0.1) is 5.82 Å². The maximum atomic E-state index is 13.0. The van der Waals surface area contributed by atoms with E-state index in [2.05, 4.69) is 25.1 Å². The van der Waals surface area contributed by atoms with E-state index in [9.17, 15) is 9.18 Å². The Labute approximate surface area is 173 Å². The standard InChI is InChI=1S/C21H22FN5OS/c22-16-6-8-17(9-7-16)24-19(28)14-29-21-26-25-20(15-10-12-23-13-11-15)27(21)18-4-2-1-3-5-18/h6-13,18H,1-5,14H2,(H,24,28).